The van der Waals surface area contributed by atoms with Crippen LogP contribution in [0.5, 0.6) is 0 Å². The molecule has 0 aliphatic rings. The Morgan fingerprint density at radius 1 is 1.64 bits per heavy atom. The molecule has 0 saturated carbocycles. The predicted octanol–water partition coefficient (Wildman–Crippen LogP) is 1.32. The normalized spacial score (nSPS) is 10.7. The standard InChI is InChI=1S/C10H15N3O/c1-3-5-6-11-9-7-10(14)13-8(4-2)12-9/h3,5,7H,4,6H2,1-2H3,(H2,11,12,13,14)/b5-3+. The second-order valence-corrected chi connectivity index (χ2v) is 2.88. The van der Waals surface area contributed by atoms with Gasteiger partial charge in [0.05, 0.1) is 0 Å². The summed E-state index contributed by atoms with van der Waals surface area (Å²) in [5, 5.41) is 3.04. The van der Waals surface area contributed by atoms with Crippen molar-refractivity contribution in [1.82, 2.24) is 9.97 Å². The molecular weight excluding hydrogens is 178 g/mol. The van der Waals surface area contributed by atoms with Crippen LogP contribution in [0.3, 0.4) is 0 Å². The van der Waals surface area contributed by atoms with Crippen molar-refractivity contribution in [2.24, 2.45) is 0 Å². The molecule has 0 aliphatic heterocycles. The van der Waals surface area contributed by atoms with Gasteiger partial charge in [-0.3, -0.25) is 4.79 Å². The maximum absolute atomic E-state index is 11.1. The van der Waals surface area contributed by atoms with E-state index < -0.39 is 0 Å². The van der Waals surface area contributed by atoms with Gasteiger partial charge >= 0.3 is 0 Å². The zero-order chi connectivity index (χ0) is 10.4. The van der Waals surface area contributed by atoms with Gasteiger partial charge in [0.25, 0.3) is 5.56 Å². The topological polar surface area (TPSA) is 57.8 Å². The Hall–Kier alpha value is -1.58. The smallest absolute Gasteiger partial charge is 0.252 e. The number of aromatic amines is 1. The van der Waals surface area contributed by atoms with Crippen molar-refractivity contribution in [3.05, 3.63) is 34.4 Å². The van der Waals surface area contributed by atoms with E-state index in [9.17, 15) is 4.79 Å². The Bertz CT molecular complexity index is 368. The Kier molecular flexibility index (Phi) is 3.91. The first-order chi connectivity index (χ1) is 6.76. The van der Waals surface area contributed by atoms with E-state index in [1.165, 1.54) is 6.07 Å². The van der Waals surface area contributed by atoms with Gasteiger partial charge in [-0.25, -0.2) is 4.98 Å². The predicted molar refractivity (Wildman–Crippen MR) is 57.5 cm³/mol. The second kappa shape index (κ2) is 5.21. The summed E-state index contributed by atoms with van der Waals surface area (Å²) in [6.45, 7) is 4.59. The van der Waals surface area contributed by atoms with Crippen LogP contribution in [0.25, 0.3) is 0 Å². The highest BCUT2D eigenvalue weighted by molar-refractivity contribution is 5.33. The van der Waals surface area contributed by atoms with Crippen LogP contribution in [0.4, 0.5) is 5.82 Å². The van der Waals surface area contributed by atoms with E-state index in [0.29, 0.717) is 18.2 Å². The summed E-state index contributed by atoms with van der Waals surface area (Å²) in [5.41, 5.74) is -0.111. The SMILES string of the molecule is C/C=C/CNc1cc(=O)[nH]c(CC)n1. The molecule has 0 unspecified atom stereocenters. The lowest BCUT2D eigenvalue weighted by Crippen LogP contribution is -2.13. The number of aryl methyl sites for hydroxylation is 1. The van der Waals surface area contributed by atoms with Gasteiger partial charge in [0.1, 0.15) is 11.6 Å². The second-order valence-electron chi connectivity index (χ2n) is 2.88. The quantitative estimate of drug-likeness (QED) is 0.709. The summed E-state index contributed by atoms with van der Waals surface area (Å²) in [6, 6.07) is 1.46. The number of anilines is 1. The molecule has 1 rings (SSSR count). The van der Waals surface area contributed by atoms with Crippen LogP contribution in [0.2, 0.25) is 0 Å². The lowest BCUT2D eigenvalue weighted by atomic mass is 10.4. The third kappa shape index (κ3) is 3.05. The monoisotopic (exact) mass is 193 g/mol. The van der Waals surface area contributed by atoms with Crippen LogP contribution in [-0.2, 0) is 6.42 Å². The Labute approximate surface area is 83.1 Å². The number of aromatic nitrogens is 2. The maximum Gasteiger partial charge on any atom is 0.252 e. The Morgan fingerprint density at radius 3 is 3.07 bits per heavy atom. The van der Waals surface area contributed by atoms with Crippen LogP contribution in [0.15, 0.2) is 23.0 Å². The van der Waals surface area contributed by atoms with Gasteiger partial charge in [-0.2, -0.15) is 0 Å². The number of rotatable bonds is 4. The van der Waals surface area contributed by atoms with Crippen LogP contribution < -0.4 is 10.9 Å². The average molecular weight is 193 g/mol. The van der Waals surface area contributed by atoms with Gasteiger partial charge in [-0.05, 0) is 6.92 Å². The number of nitrogens with zero attached hydrogens (tertiary/aromatic N) is 1. The molecule has 0 bridgehead atoms. The van der Waals surface area contributed by atoms with E-state index in [4.69, 9.17) is 0 Å². The molecule has 0 radical (unpaired) electrons. The van der Waals surface area contributed by atoms with Gasteiger partial charge < -0.3 is 10.3 Å². The van der Waals surface area contributed by atoms with Crippen LogP contribution in [0, 0.1) is 0 Å². The van der Waals surface area contributed by atoms with E-state index >= 15 is 0 Å². The third-order valence-corrected chi connectivity index (χ3v) is 1.76. The molecule has 14 heavy (non-hydrogen) atoms. The molecule has 2 N–H and O–H groups in total. The summed E-state index contributed by atoms with van der Waals surface area (Å²) in [6.07, 6.45) is 4.64. The van der Waals surface area contributed by atoms with E-state index in [-0.39, 0.29) is 5.56 Å². The summed E-state index contributed by atoms with van der Waals surface area (Å²) in [5.74, 6) is 1.34. The lowest BCUT2D eigenvalue weighted by Gasteiger charge is -2.03. The molecule has 76 valence electrons. The van der Waals surface area contributed by atoms with Gasteiger partial charge in [-0.15, -0.1) is 0 Å². The fourth-order valence-corrected chi connectivity index (χ4v) is 1.05. The van der Waals surface area contributed by atoms with Crippen LogP contribution >= 0.6 is 0 Å². The lowest BCUT2D eigenvalue weighted by molar-refractivity contribution is 0.920. The molecule has 1 aromatic rings. The van der Waals surface area contributed by atoms with Crippen LogP contribution in [-0.4, -0.2) is 16.5 Å². The highest BCUT2D eigenvalue weighted by Gasteiger charge is 1.97. The maximum atomic E-state index is 11.1. The van der Waals surface area contributed by atoms with Gasteiger partial charge in [0, 0.05) is 19.0 Å². The minimum absolute atomic E-state index is 0.111. The van der Waals surface area contributed by atoms with E-state index in [0.717, 1.165) is 6.42 Å². The van der Waals surface area contributed by atoms with Crippen molar-refractivity contribution in [2.45, 2.75) is 20.3 Å². The van der Waals surface area contributed by atoms with Crippen molar-refractivity contribution in [3.8, 4) is 0 Å². The molecule has 4 nitrogen and oxygen atoms in total. The molecule has 1 heterocycles. The Morgan fingerprint density at radius 2 is 2.43 bits per heavy atom. The van der Waals surface area contributed by atoms with Crippen molar-refractivity contribution in [3.63, 3.8) is 0 Å². The fourth-order valence-electron chi connectivity index (χ4n) is 1.05. The summed E-state index contributed by atoms with van der Waals surface area (Å²) >= 11 is 0. The number of nitrogens with one attached hydrogen (secondary N) is 2. The minimum Gasteiger partial charge on any atom is -0.366 e. The van der Waals surface area contributed by atoms with E-state index in [1.54, 1.807) is 0 Å². The van der Waals surface area contributed by atoms with Crippen molar-refractivity contribution >= 4 is 5.82 Å². The number of hydrogen-bond acceptors (Lipinski definition) is 3. The van der Waals surface area contributed by atoms with Crippen molar-refractivity contribution in [2.75, 3.05) is 11.9 Å². The molecule has 0 fully saturated rings. The molecule has 0 aliphatic carbocycles. The van der Waals surface area contributed by atoms with Gasteiger partial charge in [-0.1, -0.05) is 19.1 Å². The molecule has 1 aromatic heterocycles. The highest BCUT2D eigenvalue weighted by atomic mass is 16.1. The first-order valence-corrected chi connectivity index (χ1v) is 4.71. The van der Waals surface area contributed by atoms with Crippen molar-refractivity contribution < 1.29 is 0 Å². The molecule has 0 atom stereocenters. The summed E-state index contributed by atoms with van der Waals surface area (Å²) in [7, 11) is 0. The number of allylic oxidation sites excluding steroid dienone is 1. The van der Waals surface area contributed by atoms with Crippen molar-refractivity contribution in [1.29, 1.82) is 0 Å². The highest BCUT2D eigenvalue weighted by Crippen LogP contribution is 1.98. The molecule has 0 saturated heterocycles. The molecular formula is C10H15N3O. The zero-order valence-corrected chi connectivity index (χ0v) is 8.50. The molecule has 4 heteroatoms. The fraction of sp³-hybridized carbons (Fsp3) is 0.400. The average Bonchev–Trinajstić information content (AvgIpc) is 2.17. The largest absolute Gasteiger partial charge is 0.366 e. The van der Waals surface area contributed by atoms with E-state index in [1.807, 2.05) is 26.0 Å². The third-order valence-electron chi connectivity index (χ3n) is 1.76. The van der Waals surface area contributed by atoms with E-state index in [2.05, 4.69) is 15.3 Å². The molecule has 0 spiro atoms. The minimum atomic E-state index is -0.111. The Balaban J connectivity index is 2.76. The number of hydrogen-bond donors (Lipinski definition) is 2. The first kappa shape index (κ1) is 10.5. The van der Waals surface area contributed by atoms with Gasteiger partial charge in [0.2, 0.25) is 0 Å². The number of H-pyrrole nitrogens is 1. The van der Waals surface area contributed by atoms with Crippen LogP contribution in [0.1, 0.15) is 19.7 Å². The molecule has 0 aromatic carbocycles. The van der Waals surface area contributed by atoms with Gasteiger partial charge in [0.15, 0.2) is 0 Å². The summed E-state index contributed by atoms with van der Waals surface area (Å²) < 4.78 is 0. The first-order valence-electron chi connectivity index (χ1n) is 4.71. The molecule has 0 amide bonds. The zero-order valence-electron chi connectivity index (χ0n) is 8.50. The summed E-state index contributed by atoms with van der Waals surface area (Å²) in [4.78, 5) is 18.0.